The molecule has 2 aromatic heterocycles. The first-order valence-electron chi connectivity index (χ1n) is 3.79. The molecule has 0 unspecified atom stereocenters. The Labute approximate surface area is 141 Å². The van der Waals surface area contributed by atoms with E-state index in [1.807, 2.05) is 0 Å². The van der Waals surface area contributed by atoms with E-state index < -0.39 is 15.2 Å². The fourth-order valence-corrected chi connectivity index (χ4v) is 1.37. The molecule has 0 bridgehead atoms. The van der Waals surface area contributed by atoms with Crippen molar-refractivity contribution >= 4 is 69.2 Å². The minimum atomic E-state index is -4.33. The summed E-state index contributed by atoms with van der Waals surface area (Å²) in [5.74, 6) is 0.267. The molecule has 7 nitrogen and oxygen atoms in total. The minimum absolute atomic E-state index is 0. The summed E-state index contributed by atoms with van der Waals surface area (Å²) in [4.78, 5) is 3.80. The molecule has 2 heterocycles. The van der Waals surface area contributed by atoms with E-state index in [0.717, 1.165) is 6.07 Å². The number of furan rings is 1. The standard InChI is InChI=1S/C7H5N3O4S.2Na.2H/c11-15(12,13)6-2-1-5(14-6)7-8-3-4-9-10-7;;;;/h1-4H,(H,11,12,13);;;;. The molecule has 0 atom stereocenters. The Bertz CT molecular complexity index is 572. The van der Waals surface area contributed by atoms with Crippen molar-refractivity contribution in [2.24, 2.45) is 0 Å². The van der Waals surface area contributed by atoms with Crippen LogP contribution in [0.4, 0.5) is 0 Å². The second kappa shape index (κ2) is 6.95. The molecule has 0 radical (unpaired) electrons. The van der Waals surface area contributed by atoms with E-state index in [2.05, 4.69) is 15.2 Å². The van der Waals surface area contributed by atoms with Crippen LogP contribution in [0.2, 0.25) is 0 Å². The second-order valence-electron chi connectivity index (χ2n) is 2.56. The normalized spacial score (nSPS) is 10.2. The number of hydrogen-bond acceptors (Lipinski definition) is 6. The Morgan fingerprint density at radius 2 is 1.88 bits per heavy atom. The maximum atomic E-state index is 10.7. The Morgan fingerprint density at radius 1 is 1.18 bits per heavy atom. The molecular formula is C7H7N3Na2O4S. The predicted molar refractivity (Wildman–Crippen MR) is 61.6 cm³/mol. The van der Waals surface area contributed by atoms with Crippen LogP contribution in [0.15, 0.2) is 34.0 Å². The number of aromatic nitrogens is 3. The average molecular weight is 275 g/mol. The van der Waals surface area contributed by atoms with Crippen LogP contribution < -0.4 is 0 Å². The molecular weight excluding hydrogens is 268 g/mol. The third-order valence-electron chi connectivity index (χ3n) is 1.54. The summed E-state index contributed by atoms with van der Waals surface area (Å²) in [6.07, 6.45) is 2.76. The van der Waals surface area contributed by atoms with Gasteiger partial charge in [0.2, 0.25) is 10.9 Å². The molecule has 0 fully saturated rings. The molecule has 0 aliphatic carbocycles. The Hall–Kier alpha value is 0.200. The van der Waals surface area contributed by atoms with E-state index >= 15 is 0 Å². The Balaban J connectivity index is 0.00000128. The molecule has 2 rings (SSSR count). The van der Waals surface area contributed by atoms with Gasteiger partial charge in [0, 0.05) is 6.20 Å². The van der Waals surface area contributed by atoms with Gasteiger partial charge in [-0.15, -0.1) is 5.10 Å². The molecule has 10 heteroatoms. The van der Waals surface area contributed by atoms with Crippen molar-refractivity contribution in [3.63, 3.8) is 0 Å². The van der Waals surface area contributed by atoms with E-state index in [-0.39, 0.29) is 70.7 Å². The van der Waals surface area contributed by atoms with E-state index in [0.29, 0.717) is 0 Å². The molecule has 0 saturated carbocycles. The van der Waals surface area contributed by atoms with Crippen LogP contribution in [-0.2, 0) is 10.1 Å². The Morgan fingerprint density at radius 3 is 2.35 bits per heavy atom. The molecule has 0 aliphatic rings. The summed E-state index contributed by atoms with van der Waals surface area (Å²) >= 11 is 0. The van der Waals surface area contributed by atoms with Gasteiger partial charge >= 0.3 is 69.2 Å². The van der Waals surface area contributed by atoms with Gasteiger partial charge in [-0.2, -0.15) is 13.5 Å². The molecule has 0 spiro atoms. The van der Waals surface area contributed by atoms with Gasteiger partial charge in [0.05, 0.1) is 6.20 Å². The fourth-order valence-electron chi connectivity index (χ4n) is 0.939. The van der Waals surface area contributed by atoms with Crippen LogP contribution >= 0.6 is 0 Å². The van der Waals surface area contributed by atoms with Gasteiger partial charge in [-0.05, 0) is 12.1 Å². The van der Waals surface area contributed by atoms with Gasteiger partial charge < -0.3 is 4.42 Å². The van der Waals surface area contributed by atoms with Crippen molar-refractivity contribution in [3.8, 4) is 11.6 Å². The second-order valence-corrected chi connectivity index (χ2v) is 3.91. The first-order chi connectivity index (χ1) is 7.07. The summed E-state index contributed by atoms with van der Waals surface area (Å²) in [7, 11) is -4.33. The third-order valence-corrected chi connectivity index (χ3v) is 2.27. The zero-order chi connectivity index (χ0) is 10.9. The van der Waals surface area contributed by atoms with Crippen LogP contribution in [0.25, 0.3) is 11.6 Å². The van der Waals surface area contributed by atoms with Crippen molar-refractivity contribution in [1.82, 2.24) is 15.2 Å². The van der Waals surface area contributed by atoms with Gasteiger partial charge in [0.15, 0.2) is 5.76 Å². The number of nitrogens with zero attached hydrogens (tertiary/aromatic N) is 3. The van der Waals surface area contributed by atoms with Gasteiger partial charge in [0.25, 0.3) is 0 Å². The van der Waals surface area contributed by atoms with Crippen LogP contribution in [0, 0.1) is 0 Å². The molecule has 0 saturated heterocycles. The summed E-state index contributed by atoms with van der Waals surface area (Å²) in [5, 5.41) is 6.61. The van der Waals surface area contributed by atoms with E-state index in [9.17, 15) is 8.42 Å². The first-order valence-corrected chi connectivity index (χ1v) is 5.23. The summed E-state index contributed by atoms with van der Waals surface area (Å²) < 4.78 is 34.9. The average Bonchev–Trinajstić information content (AvgIpc) is 2.67. The molecule has 82 valence electrons. The molecule has 0 aliphatic heterocycles. The van der Waals surface area contributed by atoms with Crippen LogP contribution in [0.3, 0.4) is 0 Å². The van der Waals surface area contributed by atoms with Gasteiger partial charge in [-0.25, -0.2) is 4.98 Å². The predicted octanol–water partition coefficient (Wildman–Crippen LogP) is -0.919. The Kier molecular flexibility index (Phi) is 7.04. The zero-order valence-electron chi connectivity index (χ0n) is 7.23. The van der Waals surface area contributed by atoms with Crippen LogP contribution in [0.5, 0.6) is 0 Å². The van der Waals surface area contributed by atoms with Gasteiger partial charge in [-0.3, -0.25) is 4.55 Å². The van der Waals surface area contributed by atoms with Crippen molar-refractivity contribution in [1.29, 1.82) is 0 Å². The van der Waals surface area contributed by atoms with E-state index in [4.69, 9.17) is 8.97 Å². The van der Waals surface area contributed by atoms with Crippen LogP contribution in [0.1, 0.15) is 0 Å². The third kappa shape index (κ3) is 4.42. The summed E-state index contributed by atoms with van der Waals surface area (Å²) in [6, 6.07) is 2.45. The quantitative estimate of drug-likeness (QED) is 0.558. The number of hydrogen-bond donors (Lipinski definition) is 1. The van der Waals surface area contributed by atoms with Gasteiger partial charge in [0.1, 0.15) is 0 Å². The number of rotatable bonds is 2. The van der Waals surface area contributed by atoms with Crippen LogP contribution in [-0.4, -0.2) is 87.3 Å². The molecule has 0 aromatic carbocycles. The van der Waals surface area contributed by atoms with Gasteiger partial charge in [-0.1, -0.05) is 0 Å². The van der Waals surface area contributed by atoms with Crippen molar-refractivity contribution in [2.75, 3.05) is 0 Å². The molecule has 1 N–H and O–H groups in total. The summed E-state index contributed by atoms with van der Waals surface area (Å²) in [5.41, 5.74) is 0. The zero-order valence-corrected chi connectivity index (χ0v) is 8.05. The molecule has 17 heavy (non-hydrogen) atoms. The van der Waals surface area contributed by atoms with E-state index in [1.54, 1.807) is 0 Å². The fraction of sp³-hybridized carbons (Fsp3) is 0. The SMILES string of the molecule is O=S(=O)(O)c1ccc(-c2nccnn2)o1.[NaH].[NaH]. The molecule has 2 aromatic rings. The van der Waals surface area contributed by atoms with Crippen molar-refractivity contribution < 1.29 is 17.4 Å². The molecule has 0 amide bonds. The first kappa shape index (κ1) is 17.2. The topological polar surface area (TPSA) is 106 Å². The summed E-state index contributed by atoms with van der Waals surface area (Å²) in [6.45, 7) is 0. The maximum absolute atomic E-state index is 10.7. The van der Waals surface area contributed by atoms with E-state index in [1.165, 1.54) is 18.5 Å². The van der Waals surface area contributed by atoms with Crippen molar-refractivity contribution in [3.05, 3.63) is 24.5 Å². The van der Waals surface area contributed by atoms with Crippen molar-refractivity contribution in [2.45, 2.75) is 5.09 Å². The monoisotopic (exact) mass is 275 g/mol.